The Morgan fingerprint density at radius 2 is 1.69 bits per heavy atom. The first-order valence-corrected chi connectivity index (χ1v) is 23.2. The molecule has 292 valence electrons. The monoisotopic (exact) mass is 737 g/mol. The molecule has 10 atom stereocenters. The molecule has 5 fully saturated rings. The molecule has 4 saturated carbocycles. The van der Waals surface area contributed by atoms with Gasteiger partial charge < -0.3 is 15.0 Å². The van der Waals surface area contributed by atoms with Crippen molar-refractivity contribution in [1.82, 2.24) is 10.2 Å². The Morgan fingerprint density at radius 1 is 0.942 bits per heavy atom. The fourth-order valence-electron chi connectivity index (χ4n) is 14.8. The molecule has 1 N–H and O–H groups in total. The van der Waals surface area contributed by atoms with Crippen molar-refractivity contribution in [2.75, 3.05) is 44.3 Å². The van der Waals surface area contributed by atoms with E-state index in [9.17, 15) is 13.2 Å². The second-order valence-electron chi connectivity index (χ2n) is 20.2. The van der Waals surface area contributed by atoms with Gasteiger partial charge in [-0.25, -0.2) is 8.42 Å². The first-order chi connectivity index (χ1) is 24.5. The third kappa shape index (κ3) is 6.35. The van der Waals surface area contributed by atoms with Crippen LogP contribution in [0.3, 0.4) is 0 Å². The van der Waals surface area contributed by atoms with Gasteiger partial charge in [-0.15, -0.1) is 0 Å². The largest absolute Gasteiger partial charge is 0.466 e. The van der Waals surface area contributed by atoms with E-state index in [4.69, 9.17) is 4.74 Å². The number of hydrogen-bond donors (Lipinski definition) is 1. The van der Waals surface area contributed by atoms with Gasteiger partial charge in [-0.2, -0.15) is 0 Å². The number of hydrogen-bond acceptors (Lipinski definition) is 6. The van der Waals surface area contributed by atoms with Crippen molar-refractivity contribution in [2.45, 2.75) is 137 Å². The van der Waals surface area contributed by atoms with Gasteiger partial charge in [0.2, 0.25) is 0 Å². The summed E-state index contributed by atoms with van der Waals surface area (Å²) in [7, 11) is -2.85. The fourth-order valence-corrected chi connectivity index (χ4v) is 16.1. The number of sulfone groups is 1. The summed E-state index contributed by atoms with van der Waals surface area (Å²) in [6.45, 7) is 25.9. The highest BCUT2D eigenvalue weighted by atomic mass is 32.2. The smallest absolute Gasteiger partial charge is 0.306 e. The Labute approximate surface area is 317 Å². The number of nitrogens with zero attached hydrogens (tertiary/aromatic N) is 1. The second-order valence-corrected chi connectivity index (χ2v) is 22.5. The van der Waals surface area contributed by atoms with Gasteiger partial charge in [0.05, 0.1) is 18.1 Å². The van der Waals surface area contributed by atoms with Gasteiger partial charge in [-0.05, 0) is 159 Å². The van der Waals surface area contributed by atoms with Crippen molar-refractivity contribution in [2.24, 2.45) is 57.2 Å². The number of fused-ring (bicyclic) bond motifs is 7. The highest BCUT2D eigenvalue weighted by Gasteiger charge is 2.70. The summed E-state index contributed by atoms with van der Waals surface area (Å²) in [4.78, 5) is 14.6. The highest BCUT2D eigenvalue weighted by molar-refractivity contribution is 7.91. The lowest BCUT2D eigenvalue weighted by molar-refractivity contribution is -0.221. The lowest BCUT2D eigenvalue weighted by Gasteiger charge is -2.72. The van der Waals surface area contributed by atoms with Crippen LogP contribution >= 0.6 is 0 Å². The molecule has 0 aromatic carbocycles. The lowest BCUT2D eigenvalue weighted by Crippen LogP contribution is -2.68. The lowest BCUT2D eigenvalue weighted by atomic mass is 9.33. The van der Waals surface area contributed by atoms with E-state index in [1.54, 1.807) is 11.1 Å². The van der Waals surface area contributed by atoms with Crippen LogP contribution in [0.2, 0.25) is 0 Å². The van der Waals surface area contributed by atoms with Crippen molar-refractivity contribution >= 4 is 15.8 Å². The quantitative estimate of drug-likeness (QED) is 0.188. The van der Waals surface area contributed by atoms with Gasteiger partial charge >= 0.3 is 5.97 Å². The Balaban J connectivity index is 1.10. The SMILES string of the molecule is C=C(C)[C@@H]1CC[C@]2(NCCN3CCS(=O)(=O)CC3)CC[C@]3(C)[C@H](CC[C@@H]4[C@@]5(C)CC=C(C6=CCC(CC(=O)OCC)CC6)C(C)(C)[C@@H]5CC[C@]43C)[C@@H]12. The van der Waals surface area contributed by atoms with Gasteiger partial charge in [0, 0.05) is 38.1 Å². The summed E-state index contributed by atoms with van der Waals surface area (Å²) in [5.74, 6) is 4.33. The molecule has 0 bridgehead atoms. The Hall–Kier alpha value is -1.44. The van der Waals surface area contributed by atoms with Crippen LogP contribution in [0.25, 0.3) is 0 Å². The van der Waals surface area contributed by atoms with Gasteiger partial charge in [0.25, 0.3) is 0 Å². The number of carbonyl (C=O) groups excluding carboxylic acids is 1. The molecule has 1 saturated heterocycles. The van der Waals surface area contributed by atoms with E-state index < -0.39 is 9.84 Å². The van der Waals surface area contributed by atoms with E-state index in [0.29, 0.717) is 83.5 Å². The molecule has 0 aromatic heterocycles. The molecule has 52 heavy (non-hydrogen) atoms. The summed E-state index contributed by atoms with van der Waals surface area (Å²) in [5, 5.41) is 4.23. The van der Waals surface area contributed by atoms with Crippen LogP contribution in [-0.4, -0.2) is 69.1 Å². The van der Waals surface area contributed by atoms with E-state index in [0.717, 1.165) is 38.3 Å². The van der Waals surface area contributed by atoms with E-state index in [1.165, 1.54) is 63.4 Å². The van der Waals surface area contributed by atoms with Crippen molar-refractivity contribution in [1.29, 1.82) is 0 Å². The van der Waals surface area contributed by atoms with Crippen molar-refractivity contribution < 1.29 is 17.9 Å². The topological polar surface area (TPSA) is 75.7 Å². The Kier molecular flexibility index (Phi) is 10.4. The maximum atomic E-state index is 12.2. The molecule has 7 rings (SSSR count). The van der Waals surface area contributed by atoms with E-state index in [2.05, 4.69) is 70.5 Å². The summed E-state index contributed by atoms with van der Waals surface area (Å²) in [6.07, 6.45) is 20.5. The van der Waals surface area contributed by atoms with Gasteiger partial charge in [0.15, 0.2) is 9.84 Å². The summed E-state index contributed by atoms with van der Waals surface area (Å²) < 4.78 is 29.4. The molecule has 1 aliphatic heterocycles. The maximum absolute atomic E-state index is 12.2. The van der Waals surface area contributed by atoms with E-state index in [-0.39, 0.29) is 16.9 Å². The molecule has 1 unspecified atom stereocenters. The zero-order chi connectivity index (χ0) is 37.3. The van der Waals surface area contributed by atoms with Crippen LogP contribution in [0.15, 0.2) is 35.5 Å². The summed E-state index contributed by atoms with van der Waals surface area (Å²) in [5.41, 5.74) is 5.81. The number of esters is 1. The molecule has 0 amide bonds. The number of ether oxygens (including phenoxy) is 1. The predicted molar refractivity (Wildman–Crippen MR) is 213 cm³/mol. The molecule has 1 heterocycles. The zero-order valence-corrected chi connectivity index (χ0v) is 34.8. The molecular formula is C45H72N2O4S. The minimum Gasteiger partial charge on any atom is -0.466 e. The molecule has 6 aliphatic carbocycles. The predicted octanol–water partition coefficient (Wildman–Crippen LogP) is 8.93. The molecule has 7 heteroatoms. The van der Waals surface area contributed by atoms with Crippen molar-refractivity contribution in [3.05, 3.63) is 35.5 Å². The molecular weight excluding hydrogens is 665 g/mol. The van der Waals surface area contributed by atoms with Crippen LogP contribution in [0.1, 0.15) is 132 Å². The summed E-state index contributed by atoms with van der Waals surface area (Å²) >= 11 is 0. The standard InChI is InChI=1S/C45H72N2O4S/c1-9-51-39(48)30-32-10-12-33(13-11-32)35-17-19-42(6)37(41(35,4)5)18-20-44(8)38(42)15-14-36-40-34(31(2)3)16-21-45(40,23-22-43(36,44)7)46-24-25-47-26-28-52(49,50)29-27-47/h12,17,32,34,36-38,40,46H,2,9-11,13-16,18-30H2,1,3-8H3/t32?,34-,36+,37-,38+,40+,42-,43+,44+,45-/m0/s1. The van der Waals surface area contributed by atoms with Gasteiger partial charge in [0.1, 0.15) is 0 Å². The zero-order valence-electron chi connectivity index (χ0n) is 34.0. The van der Waals surface area contributed by atoms with E-state index >= 15 is 0 Å². The fraction of sp³-hybridized carbons (Fsp3) is 0.844. The van der Waals surface area contributed by atoms with Crippen LogP contribution < -0.4 is 5.32 Å². The van der Waals surface area contributed by atoms with E-state index in [1.807, 2.05) is 6.92 Å². The number of nitrogens with one attached hydrogen (secondary N) is 1. The Bertz CT molecular complexity index is 1570. The van der Waals surface area contributed by atoms with Gasteiger partial charge in [-0.1, -0.05) is 58.9 Å². The highest BCUT2D eigenvalue weighted by Crippen LogP contribution is 2.76. The van der Waals surface area contributed by atoms with Crippen molar-refractivity contribution in [3.63, 3.8) is 0 Å². The average molecular weight is 737 g/mol. The van der Waals surface area contributed by atoms with Crippen LogP contribution in [0.4, 0.5) is 0 Å². The average Bonchev–Trinajstić information content (AvgIpc) is 3.46. The number of allylic oxidation sites excluding steroid dienone is 5. The minimum absolute atomic E-state index is 0.0388. The molecule has 0 aromatic rings. The first kappa shape index (κ1) is 38.8. The normalized spacial score (nSPS) is 43.9. The minimum atomic E-state index is -2.85. The number of carbonyl (C=O) groups is 1. The third-order valence-electron chi connectivity index (χ3n) is 17.6. The van der Waals surface area contributed by atoms with Crippen LogP contribution in [0, 0.1) is 57.2 Å². The molecule has 6 nitrogen and oxygen atoms in total. The summed E-state index contributed by atoms with van der Waals surface area (Å²) in [6, 6.07) is 0. The molecule has 7 aliphatic rings. The maximum Gasteiger partial charge on any atom is 0.306 e. The Morgan fingerprint density at radius 3 is 2.37 bits per heavy atom. The second kappa shape index (κ2) is 13.9. The first-order valence-electron chi connectivity index (χ1n) is 21.4. The van der Waals surface area contributed by atoms with Gasteiger partial charge in [-0.3, -0.25) is 4.79 Å². The van der Waals surface area contributed by atoms with Crippen LogP contribution in [0.5, 0.6) is 0 Å². The number of rotatable bonds is 9. The molecule has 0 spiro atoms. The molecule has 0 radical (unpaired) electrons. The third-order valence-corrected chi connectivity index (χ3v) is 19.2. The van der Waals surface area contributed by atoms with Crippen molar-refractivity contribution in [3.8, 4) is 0 Å². The van der Waals surface area contributed by atoms with Crippen LogP contribution in [-0.2, 0) is 19.4 Å².